The summed E-state index contributed by atoms with van der Waals surface area (Å²) in [6.45, 7) is 7.22. The third-order valence-electron chi connectivity index (χ3n) is 4.28. The summed E-state index contributed by atoms with van der Waals surface area (Å²) >= 11 is 0. The van der Waals surface area contributed by atoms with E-state index in [4.69, 9.17) is 9.47 Å². The molecule has 1 N–H and O–H groups in total. The van der Waals surface area contributed by atoms with Crippen molar-refractivity contribution >= 4 is 0 Å². The molecule has 0 amide bonds. The highest BCUT2D eigenvalue weighted by Gasteiger charge is 2.10. The van der Waals surface area contributed by atoms with Gasteiger partial charge in [-0.3, -0.25) is 4.90 Å². The van der Waals surface area contributed by atoms with E-state index in [1.165, 1.54) is 11.1 Å². The van der Waals surface area contributed by atoms with Gasteiger partial charge in [0.2, 0.25) is 0 Å². The first-order valence-electron chi connectivity index (χ1n) is 8.80. The quantitative estimate of drug-likeness (QED) is 0.670. The number of ether oxygens (including phenoxy) is 2. The zero-order valence-corrected chi connectivity index (χ0v) is 15.5. The predicted octanol–water partition coefficient (Wildman–Crippen LogP) is 3.58. The topological polar surface area (TPSA) is 41.9 Å². The van der Waals surface area contributed by atoms with E-state index in [-0.39, 0.29) is 6.61 Å². The van der Waals surface area contributed by atoms with Crippen molar-refractivity contribution in [1.29, 1.82) is 0 Å². The van der Waals surface area contributed by atoms with Crippen LogP contribution < -0.4 is 9.47 Å². The number of benzene rings is 2. The van der Waals surface area contributed by atoms with Crippen molar-refractivity contribution < 1.29 is 14.6 Å². The van der Waals surface area contributed by atoms with Crippen molar-refractivity contribution in [3.05, 3.63) is 59.2 Å². The highest BCUT2D eigenvalue weighted by molar-refractivity contribution is 5.39. The van der Waals surface area contributed by atoms with Crippen molar-refractivity contribution in [3.63, 3.8) is 0 Å². The van der Waals surface area contributed by atoms with Crippen molar-refractivity contribution in [2.75, 3.05) is 33.4 Å². The number of methoxy groups -OCH3 is 1. The summed E-state index contributed by atoms with van der Waals surface area (Å²) in [7, 11) is 1.69. The van der Waals surface area contributed by atoms with Crippen LogP contribution in [0.3, 0.4) is 0 Å². The van der Waals surface area contributed by atoms with Crippen LogP contribution in [0.4, 0.5) is 0 Å². The normalized spacial score (nSPS) is 10.9. The minimum atomic E-state index is 0.146. The third kappa shape index (κ3) is 5.76. The van der Waals surface area contributed by atoms with Gasteiger partial charge in [-0.1, -0.05) is 36.4 Å². The van der Waals surface area contributed by atoms with Gasteiger partial charge in [0.15, 0.2) is 0 Å². The molecule has 0 saturated heterocycles. The molecule has 2 rings (SSSR count). The molecule has 2 aromatic rings. The van der Waals surface area contributed by atoms with E-state index in [0.717, 1.165) is 36.6 Å². The highest BCUT2D eigenvalue weighted by atomic mass is 16.5. The second-order valence-electron chi connectivity index (χ2n) is 6.23. The smallest absolute Gasteiger partial charge is 0.125 e. The molecule has 0 unspecified atom stereocenters. The third-order valence-corrected chi connectivity index (χ3v) is 4.28. The first-order chi connectivity index (χ1) is 12.2. The van der Waals surface area contributed by atoms with Gasteiger partial charge in [0.25, 0.3) is 0 Å². The molecule has 136 valence electrons. The lowest BCUT2D eigenvalue weighted by molar-refractivity contribution is 0.176. The number of hydrogen-bond acceptors (Lipinski definition) is 4. The molecule has 4 heteroatoms. The maximum atomic E-state index is 9.34. The fourth-order valence-corrected chi connectivity index (χ4v) is 2.98. The molecule has 0 bridgehead atoms. The van der Waals surface area contributed by atoms with Crippen LogP contribution in [0, 0.1) is 13.8 Å². The summed E-state index contributed by atoms with van der Waals surface area (Å²) in [6.07, 6.45) is 0.906. The average Bonchev–Trinajstić information content (AvgIpc) is 2.61. The van der Waals surface area contributed by atoms with Gasteiger partial charge < -0.3 is 14.6 Å². The number of hydrogen-bond donors (Lipinski definition) is 1. The standard InChI is InChI=1S/C21H29NO3/c1-17-8-6-9-18(2)21(17)25-15-7-12-22(13-14-23)16-19-10-4-5-11-20(19)24-3/h4-6,8-11,23H,7,12-16H2,1-3H3. The zero-order chi connectivity index (χ0) is 18.1. The molecular formula is C21H29NO3. The van der Waals surface area contributed by atoms with Crippen LogP contribution in [0.15, 0.2) is 42.5 Å². The number of aryl methyl sites for hydroxylation is 2. The van der Waals surface area contributed by atoms with Crippen LogP contribution in [-0.2, 0) is 6.54 Å². The van der Waals surface area contributed by atoms with E-state index >= 15 is 0 Å². The average molecular weight is 343 g/mol. The van der Waals surface area contributed by atoms with E-state index in [1.807, 2.05) is 24.3 Å². The first-order valence-corrected chi connectivity index (χ1v) is 8.80. The van der Waals surface area contributed by atoms with Crippen LogP contribution in [0.2, 0.25) is 0 Å². The summed E-state index contributed by atoms with van der Waals surface area (Å²) in [5, 5.41) is 9.34. The van der Waals surface area contributed by atoms with Crippen LogP contribution in [0.1, 0.15) is 23.1 Å². The molecule has 0 radical (unpaired) electrons. The Morgan fingerprint density at radius 1 is 0.960 bits per heavy atom. The van der Waals surface area contributed by atoms with E-state index in [1.54, 1.807) is 7.11 Å². The minimum absolute atomic E-state index is 0.146. The van der Waals surface area contributed by atoms with Gasteiger partial charge in [0.1, 0.15) is 11.5 Å². The first kappa shape index (κ1) is 19.3. The lowest BCUT2D eigenvalue weighted by atomic mass is 10.1. The number of nitrogens with zero attached hydrogens (tertiary/aromatic N) is 1. The van der Waals surface area contributed by atoms with Crippen LogP contribution >= 0.6 is 0 Å². The molecule has 25 heavy (non-hydrogen) atoms. The molecule has 0 aliphatic heterocycles. The number of para-hydroxylation sites is 2. The van der Waals surface area contributed by atoms with Crippen molar-refractivity contribution in [2.45, 2.75) is 26.8 Å². The van der Waals surface area contributed by atoms with Gasteiger partial charge in [-0.15, -0.1) is 0 Å². The summed E-state index contributed by atoms with van der Waals surface area (Å²) in [6, 6.07) is 14.2. The minimum Gasteiger partial charge on any atom is -0.496 e. The van der Waals surface area contributed by atoms with E-state index in [0.29, 0.717) is 13.2 Å². The number of aliphatic hydroxyl groups is 1. The molecule has 2 aromatic carbocycles. The summed E-state index contributed by atoms with van der Waals surface area (Å²) < 4.78 is 11.4. The van der Waals surface area contributed by atoms with Crippen molar-refractivity contribution in [2.24, 2.45) is 0 Å². The lowest BCUT2D eigenvalue weighted by Gasteiger charge is -2.22. The second-order valence-corrected chi connectivity index (χ2v) is 6.23. The monoisotopic (exact) mass is 343 g/mol. The van der Waals surface area contributed by atoms with E-state index in [9.17, 15) is 5.11 Å². The predicted molar refractivity (Wildman–Crippen MR) is 101 cm³/mol. The van der Waals surface area contributed by atoms with Crippen molar-refractivity contribution in [1.82, 2.24) is 4.90 Å². The van der Waals surface area contributed by atoms with Gasteiger partial charge in [-0.25, -0.2) is 0 Å². The molecule has 0 atom stereocenters. The van der Waals surface area contributed by atoms with E-state index in [2.05, 4.69) is 36.9 Å². The maximum Gasteiger partial charge on any atom is 0.125 e. The molecule has 0 aliphatic rings. The Bertz CT molecular complexity index is 637. The van der Waals surface area contributed by atoms with Crippen LogP contribution in [0.5, 0.6) is 11.5 Å². The Morgan fingerprint density at radius 2 is 1.68 bits per heavy atom. The molecule has 0 aromatic heterocycles. The van der Waals surface area contributed by atoms with Gasteiger partial charge in [0.05, 0.1) is 20.3 Å². The van der Waals surface area contributed by atoms with Gasteiger partial charge in [-0.2, -0.15) is 0 Å². The molecule has 4 nitrogen and oxygen atoms in total. The molecule has 0 fully saturated rings. The SMILES string of the molecule is COc1ccccc1CN(CCO)CCCOc1c(C)cccc1C. The zero-order valence-electron chi connectivity index (χ0n) is 15.5. The number of rotatable bonds is 10. The Labute approximate surface area is 151 Å². The van der Waals surface area contributed by atoms with Crippen LogP contribution in [-0.4, -0.2) is 43.4 Å². The largest absolute Gasteiger partial charge is 0.496 e. The molecule has 0 spiro atoms. The number of aliphatic hydroxyl groups excluding tert-OH is 1. The molecule has 0 aliphatic carbocycles. The summed E-state index contributed by atoms with van der Waals surface area (Å²) in [4.78, 5) is 2.23. The fourth-order valence-electron chi connectivity index (χ4n) is 2.98. The molecular weight excluding hydrogens is 314 g/mol. The Balaban J connectivity index is 1.87. The molecule has 0 saturated carbocycles. The van der Waals surface area contributed by atoms with Gasteiger partial charge >= 0.3 is 0 Å². The Morgan fingerprint density at radius 3 is 2.36 bits per heavy atom. The second kappa shape index (κ2) is 10.1. The maximum absolute atomic E-state index is 9.34. The summed E-state index contributed by atoms with van der Waals surface area (Å²) in [5.41, 5.74) is 3.47. The van der Waals surface area contributed by atoms with Crippen molar-refractivity contribution in [3.8, 4) is 11.5 Å². The summed E-state index contributed by atoms with van der Waals surface area (Å²) in [5.74, 6) is 1.87. The van der Waals surface area contributed by atoms with Gasteiger partial charge in [0, 0.05) is 25.2 Å². The Kier molecular flexibility index (Phi) is 7.76. The lowest BCUT2D eigenvalue weighted by Crippen LogP contribution is -2.28. The van der Waals surface area contributed by atoms with E-state index < -0.39 is 0 Å². The molecule has 0 heterocycles. The van der Waals surface area contributed by atoms with Crippen LogP contribution in [0.25, 0.3) is 0 Å². The highest BCUT2D eigenvalue weighted by Crippen LogP contribution is 2.22. The van der Waals surface area contributed by atoms with Gasteiger partial charge in [-0.05, 0) is 37.5 Å². The fraction of sp³-hybridized carbons (Fsp3) is 0.429. The Hall–Kier alpha value is -2.04.